The first-order chi connectivity index (χ1) is 7.88. The summed E-state index contributed by atoms with van der Waals surface area (Å²) in [5.74, 6) is -0.703. The Morgan fingerprint density at radius 1 is 0.889 bits per heavy atom. The Balaban J connectivity index is 4.64. The molecule has 1 unspecified atom stereocenters. The van der Waals surface area contributed by atoms with Gasteiger partial charge in [-0.05, 0) is 47.5 Å². The van der Waals surface area contributed by atoms with Gasteiger partial charge in [0.05, 0.1) is 5.41 Å². The summed E-state index contributed by atoms with van der Waals surface area (Å²) in [6.45, 7) is 14.1. The molecule has 0 rings (SSSR count). The minimum absolute atomic E-state index is 0.204. The zero-order chi connectivity index (χ0) is 14.7. The third-order valence-corrected chi connectivity index (χ3v) is 2.68. The van der Waals surface area contributed by atoms with Crippen molar-refractivity contribution >= 4 is 11.9 Å². The van der Waals surface area contributed by atoms with Gasteiger partial charge in [-0.1, -0.05) is 13.8 Å². The summed E-state index contributed by atoms with van der Waals surface area (Å²) in [6.07, 6.45) is -0.204. The van der Waals surface area contributed by atoms with Crippen molar-refractivity contribution in [1.29, 1.82) is 0 Å². The highest BCUT2D eigenvalue weighted by Gasteiger charge is 2.38. The molecule has 18 heavy (non-hydrogen) atoms. The molecule has 0 aliphatic rings. The Morgan fingerprint density at radius 3 is 1.67 bits per heavy atom. The third kappa shape index (κ3) is 5.07. The average Bonchev–Trinajstić information content (AvgIpc) is 2.14. The van der Waals surface area contributed by atoms with E-state index in [1.807, 2.05) is 20.8 Å². The van der Waals surface area contributed by atoms with Gasteiger partial charge in [0.1, 0.15) is 6.10 Å². The van der Waals surface area contributed by atoms with Crippen molar-refractivity contribution in [3.63, 3.8) is 0 Å². The third-order valence-electron chi connectivity index (χ3n) is 2.68. The van der Waals surface area contributed by atoms with Crippen LogP contribution in [0.25, 0.3) is 0 Å². The fourth-order valence-corrected chi connectivity index (χ4v) is 0.873. The van der Waals surface area contributed by atoms with E-state index in [-0.39, 0.29) is 12.0 Å². The zero-order valence-corrected chi connectivity index (χ0v) is 12.8. The molecule has 0 fully saturated rings. The Morgan fingerprint density at radius 2 is 1.33 bits per heavy atom. The van der Waals surface area contributed by atoms with Crippen molar-refractivity contribution in [2.24, 2.45) is 11.3 Å². The summed E-state index contributed by atoms with van der Waals surface area (Å²) in [7, 11) is 0. The summed E-state index contributed by atoms with van der Waals surface area (Å²) in [5, 5.41) is 0. The van der Waals surface area contributed by atoms with Gasteiger partial charge < -0.3 is 9.47 Å². The SMILES string of the molecule is CC(C)C(C)OC(=O)C(C)(C)OC(=O)C(C)(C)C. The zero-order valence-electron chi connectivity index (χ0n) is 12.8. The number of ether oxygens (including phenoxy) is 2. The van der Waals surface area contributed by atoms with E-state index in [1.54, 1.807) is 34.6 Å². The highest BCUT2D eigenvalue weighted by atomic mass is 16.6. The number of carbonyl (C=O) groups is 2. The maximum Gasteiger partial charge on any atom is 0.350 e. The van der Waals surface area contributed by atoms with E-state index >= 15 is 0 Å². The van der Waals surface area contributed by atoms with Gasteiger partial charge in [-0.25, -0.2) is 4.79 Å². The van der Waals surface area contributed by atoms with Gasteiger partial charge >= 0.3 is 11.9 Å². The van der Waals surface area contributed by atoms with Gasteiger partial charge in [0, 0.05) is 0 Å². The van der Waals surface area contributed by atoms with Gasteiger partial charge in [-0.2, -0.15) is 0 Å². The van der Waals surface area contributed by atoms with Crippen LogP contribution in [0.5, 0.6) is 0 Å². The number of hydrogen-bond acceptors (Lipinski definition) is 4. The number of rotatable bonds is 4. The van der Waals surface area contributed by atoms with E-state index < -0.39 is 23.0 Å². The lowest BCUT2D eigenvalue weighted by Crippen LogP contribution is -2.43. The molecule has 0 spiro atoms. The van der Waals surface area contributed by atoms with E-state index in [1.165, 1.54) is 0 Å². The molecule has 0 bridgehead atoms. The average molecular weight is 258 g/mol. The molecule has 4 heteroatoms. The number of hydrogen-bond donors (Lipinski definition) is 0. The lowest BCUT2D eigenvalue weighted by Gasteiger charge is -2.29. The molecule has 0 aromatic carbocycles. The quantitative estimate of drug-likeness (QED) is 0.727. The van der Waals surface area contributed by atoms with E-state index in [0.717, 1.165) is 0 Å². The van der Waals surface area contributed by atoms with Crippen LogP contribution in [0.4, 0.5) is 0 Å². The van der Waals surface area contributed by atoms with Crippen molar-refractivity contribution in [2.45, 2.75) is 67.1 Å². The van der Waals surface area contributed by atoms with Crippen LogP contribution in [0.3, 0.4) is 0 Å². The first-order valence-corrected chi connectivity index (χ1v) is 6.32. The molecule has 0 aromatic heterocycles. The second kappa shape index (κ2) is 5.72. The fraction of sp³-hybridized carbons (Fsp3) is 0.857. The van der Waals surface area contributed by atoms with Crippen molar-refractivity contribution in [3.05, 3.63) is 0 Å². The van der Waals surface area contributed by atoms with Crippen LogP contribution in [0.1, 0.15) is 55.4 Å². The van der Waals surface area contributed by atoms with Gasteiger partial charge in [0.15, 0.2) is 0 Å². The Hall–Kier alpha value is -1.06. The Bertz CT molecular complexity index is 310. The lowest BCUT2D eigenvalue weighted by molar-refractivity contribution is -0.187. The standard InChI is InChI=1S/C14H26O4/c1-9(2)10(3)17-12(16)14(7,8)18-11(15)13(4,5)6/h9-10H,1-8H3. The molecule has 0 aliphatic heterocycles. The van der Waals surface area contributed by atoms with Crippen LogP contribution in [0.15, 0.2) is 0 Å². The minimum Gasteiger partial charge on any atom is -0.459 e. The van der Waals surface area contributed by atoms with Crippen LogP contribution in [-0.2, 0) is 19.1 Å². The van der Waals surface area contributed by atoms with Crippen LogP contribution in [0, 0.1) is 11.3 Å². The van der Waals surface area contributed by atoms with Gasteiger partial charge in [0.2, 0.25) is 5.60 Å². The van der Waals surface area contributed by atoms with Gasteiger partial charge in [-0.3, -0.25) is 4.79 Å². The van der Waals surface area contributed by atoms with Crippen LogP contribution in [0.2, 0.25) is 0 Å². The topological polar surface area (TPSA) is 52.6 Å². The maximum atomic E-state index is 11.9. The molecule has 0 heterocycles. The molecular formula is C14H26O4. The molecule has 0 saturated heterocycles. The normalized spacial score (nSPS) is 14.3. The van der Waals surface area contributed by atoms with Crippen LogP contribution < -0.4 is 0 Å². The summed E-state index contributed by atoms with van der Waals surface area (Å²) in [4.78, 5) is 23.7. The van der Waals surface area contributed by atoms with Crippen molar-refractivity contribution in [3.8, 4) is 0 Å². The second-order valence-electron chi connectivity index (χ2n) is 6.50. The highest BCUT2D eigenvalue weighted by molar-refractivity contribution is 5.84. The molecule has 4 nitrogen and oxygen atoms in total. The minimum atomic E-state index is -1.26. The largest absolute Gasteiger partial charge is 0.459 e. The monoisotopic (exact) mass is 258 g/mol. The predicted octanol–water partition coefficient (Wildman–Crippen LogP) is 2.94. The van der Waals surface area contributed by atoms with Crippen LogP contribution >= 0.6 is 0 Å². The van der Waals surface area contributed by atoms with E-state index in [4.69, 9.17) is 9.47 Å². The summed E-state index contributed by atoms with van der Waals surface area (Å²) >= 11 is 0. The molecule has 0 amide bonds. The lowest BCUT2D eigenvalue weighted by atomic mass is 9.96. The first kappa shape index (κ1) is 16.9. The molecule has 0 aromatic rings. The summed E-state index contributed by atoms with van der Waals surface area (Å²) in [6, 6.07) is 0. The van der Waals surface area contributed by atoms with E-state index in [9.17, 15) is 9.59 Å². The van der Waals surface area contributed by atoms with E-state index in [2.05, 4.69) is 0 Å². The summed E-state index contributed by atoms with van der Waals surface area (Å²) < 4.78 is 10.5. The molecule has 0 N–H and O–H groups in total. The van der Waals surface area contributed by atoms with E-state index in [0.29, 0.717) is 0 Å². The first-order valence-electron chi connectivity index (χ1n) is 6.32. The molecule has 1 atom stereocenters. The van der Waals surface area contributed by atoms with Gasteiger partial charge in [0.25, 0.3) is 0 Å². The highest BCUT2D eigenvalue weighted by Crippen LogP contribution is 2.22. The molecule has 106 valence electrons. The smallest absolute Gasteiger partial charge is 0.350 e. The molecule has 0 aliphatic carbocycles. The van der Waals surface area contributed by atoms with Crippen LogP contribution in [-0.4, -0.2) is 23.6 Å². The molecular weight excluding hydrogens is 232 g/mol. The second-order valence-corrected chi connectivity index (χ2v) is 6.50. The molecule has 0 saturated carbocycles. The van der Waals surface area contributed by atoms with Crippen molar-refractivity contribution in [2.75, 3.05) is 0 Å². The fourth-order valence-electron chi connectivity index (χ4n) is 0.873. The number of carbonyl (C=O) groups excluding carboxylic acids is 2. The Labute approximate surface area is 110 Å². The molecule has 0 radical (unpaired) electrons. The van der Waals surface area contributed by atoms with Gasteiger partial charge in [-0.15, -0.1) is 0 Å². The Kier molecular flexibility index (Phi) is 5.38. The summed E-state index contributed by atoms with van der Waals surface area (Å²) in [5.41, 5.74) is -1.89. The van der Waals surface area contributed by atoms with Crippen molar-refractivity contribution < 1.29 is 19.1 Å². The number of esters is 2. The predicted molar refractivity (Wildman–Crippen MR) is 70.0 cm³/mol. The maximum absolute atomic E-state index is 11.9. The van der Waals surface area contributed by atoms with Crippen molar-refractivity contribution in [1.82, 2.24) is 0 Å².